The van der Waals surface area contributed by atoms with Gasteiger partial charge >= 0.3 is 0 Å². The number of piperazine rings is 1. The summed E-state index contributed by atoms with van der Waals surface area (Å²) in [6.07, 6.45) is 0. The van der Waals surface area contributed by atoms with Gasteiger partial charge < -0.3 is 10.0 Å². The van der Waals surface area contributed by atoms with Crippen molar-refractivity contribution in [3.8, 4) is 5.75 Å². The van der Waals surface area contributed by atoms with Gasteiger partial charge in [-0.05, 0) is 24.1 Å². The largest absolute Gasteiger partial charge is 0.507 e. The summed E-state index contributed by atoms with van der Waals surface area (Å²) in [7, 11) is 0. The van der Waals surface area contributed by atoms with Crippen LogP contribution in [-0.2, 0) is 0 Å². The molecule has 0 aliphatic carbocycles. The molecule has 1 aromatic rings. The van der Waals surface area contributed by atoms with Gasteiger partial charge in [-0.25, -0.2) is 4.39 Å². The lowest BCUT2D eigenvalue weighted by molar-refractivity contribution is 0.0834. The standard InChI is InChI=1S/C16H23FN2O2/c1-12(2)10-18-5-7-19(8-6-18)11-16(21)14-9-13(17)3-4-15(14)20/h3-4,9,12,20H,5-8,10-11H2,1-2H3. The topological polar surface area (TPSA) is 43.8 Å². The van der Waals surface area contributed by atoms with E-state index in [2.05, 4.69) is 23.6 Å². The molecule has 0 amide bonds. The van der Waals surface area contributed by atoms with E-state index in [4.69, 9.17) is 0 Å². The highest BCUT2D eigenvalue weighted by atomic mass is 19.1. The van der Waals surface area contributed by atoms with Crippen molar-refractivity contribution in [3.63, 3.8) is 0 Å². The molecule has 21 heavy (non-hydrogen) atoms. The molecule has 1 aromatic carbocycles. The number of hydrogen-bond acceptors (Lipinski definition) is 4. The van der Waals surface area contributed by atoms with Crippen molar-refractivity contribution in [2.24, 2.45) is 5.92 Å². The number of carbonyl (C=O) groups is 1. The van der Waals surface area contributed by atoms with Gasteiger partial charge in [-0.2, -0.15) is 0 Å². The molecule has 5 heteroatoms. The van der Waals surface area contributed by atoms with Gasteiger partial charge in [0.05, 0.1) is 12.1 Å². The Bertz CT molecular complexity index is 497. The Morgan fingerprint density at radius 2 is 1.86 bits per heavy atom. The van der Waals surface area contributed by atoms with Crippen molar-refractivity contribution in [1.82, 2.24) is 9.80 Å². The fraction of sp³-hybridized carbons (Fsp3) is 0.562. The maximum atomic E-state index is 13.2. The zero-order valence-corrected chi connectivity index (χ0v) is 12.7. The minimum atomic E-state index is -0.502. The fourth-order valence-corrected chi connectivity index (χ4v) is 2.67. The van der Waals surface area contributed by atoms with E-state index in [0.29, 0.717) is 5.92 Å². The maximum absolute atomic E-state index is 13.2. The lowest BCUT2D eigenvalue weighted by Crippen LogP contribution is -2.48. The Morgan fingerprint density at radius 1 is 1.24 bits per heavy atom. The molecule has 116 valence electrons. The Balaban J connectivity index is 1.88. The minimum absolute atomic E-state index is 0.0691. The van der Waals surface area contributed by atoms with Gasteiger partial charge in [0, 0.05) is 32.7 Å². The van der Waals surface area contributed by atoms with Crippen LogP contribution in [0, 0.1) is 11.7 Å². The minimum Gasteiger partial charge on any atom is -0.507 e. The number of phenols is 1. The molecule has 1 saturated heterocycles. The molecule has 1 heterocycles. The molecule has 0 bridgehead atoms. The van der Waals surface area contributed by atoms with E-state index in [9.17, 15) is 14.3 Å². The third-order valence-electron chi connectivity index (χ3n) is 3.71. The molecule has 4 nitrogen and oxygen atoms in total. The first-order valence-corrected chi connectivity index (χ1v) is 7.42. The lowest BCUT2D eigenvalue weighted by atomic mass is 10.1. The first kappa shape index (κ1) is 15.9. The first-order valence-electron chi connectivity index (χ1n) is 7.42. The quantitative estimate of drug-likeness (QED) is 0.844. The molecule has 0 atom stereocenters. The van der Waals surface area contributed by atoms with Crippen LogP contribution in [0.2, 0.25) is 0 Å². The van der Waals surface area contributed by atoms with Crippen LogP contribution in [0.5, 0.6) is 5.75 Å². The van der Waals surface area contributed by atoms with Crippen molar-refractivity contribution in [2.75, 3.05) is 39.3 Å². The second-order valence-corrected chi connectivity index (χ2v) is 6.06. The van der Waals surface area contributed by atoms with Crippen molar-refractivity contribution in [3.05, 3.63) is 29.6 Å². The van der Waals surface area contributed by atoms with E-state index in [1.807, 2.05) is 0 Å². The average Bonchev–Trinajstić information content (AvgIpc) is 2.43. The smallest absolute Gasteiger partial charge is 0.180 e. The van der Waals surface area contributed by atoms with Crippen molar-refractivity contribution < 1.29 is 14.3 Å². The van der Waals surface area contributed by atoms with Gasteiger partial charge in [-0.1, -0.05) is 13.8 Å². The Kier molecular flexibility index (Phi) is 5.31. The van der Waals surface area contributed by atoms with Gasteiger partial charge in [-0.3, -0.25) is 9.69 Å². The fourth-order valence-electron chi connectivity index (χ4n) is 2.67. The number of phenolic OH excluding ortho intramolecular Hbond substituents is 1. The molecule has 1 N–H and O–H groups in total. The summed E-state index contributed by atoms with van der Waals surface area (Å²) in [4.78, 5) is 16.6. The zero-order valence-electron chi connectivity index (χ0n) is 12.7. The molecule has 0 spiro atoms. The molecule has 1 fully saturated rings. The Hall–Kier alpha value is -1.46. The second-order valence-electron chi connectivity index (χ2n) is 6.06. The third-order valence-corrected chi connectivity index (χ3v) is 3.71. The van der Waals surface area contributed by atoms with Gasteiger partial charge in [0.25, 0.3) is 0 Å². The summed E-state index contributed by atoms with van der Waals surface area (Å²) < 4.78 is 13.2. The van der Waals surface area contributed by atoms with E-state index >= 15 is 0 Å². The van der Waals surface area contributed by atoms with Crippen LogP contribution in [-0.4, -0.2) is 60.0 Å². The second kappa shape index (κ2) is 7.00. The molecule has 0 unspecified atom stereocenters. The highest BCUT2D eigenvalue weighted by Crippen LogP contribution is 2.19. The van der Waals surface area contributed by atoms with Crippen LogP contribution >= 0.6 is 0 Å². The number of rotatable bonds is 5. The summed E-state index contributed by atoms with van der Waals surface area (Å²) in [5.41, 5.74) is 0.0691. The maximum Gasteiger partial charge on any atom is 0.180 e. The molecule has 1 aliphatic rings. The normalized spacial score (nSPS) is 17.3. The van der Waals surface area contributed by atoms with E-state index in [-0.39, 0.29) is 23.6 Å². The Morgan fingerprint density at radius 3 is 2.48 bits per heavy atom. The number of aromatic hydroxyl groups is 1. The SMILES string of the molecule is CC(C)CN1CCN(CC(=O)c2cc(F)ccc2O)CC1. The lowest BCUT2D eigenvalue weighted by Gasteiger charge is -2.35. The monoisotopic (exact) mass is 294 g/mol. The van der Waals surface area contributed by atoms with Crippen LogP contribution < -0.4 is 0 Å². The summed E-state index contributed by atoms with van der Waals surface area (Å²) >= 11 is 0. The first-order chi connectivity index (χ1) is 9.95. The number of hydrogen-bond donors (Lipinski definition) is 1. The molecular formula is C16H23FN2O2. The van der Waals surface area contributed by atoms with Crippen LogP contribution in [0.15, 0.2) is 18.2 Å². The molecule has 2 rings (SSSR count). The van der Waals surface area contributed by atoms with Crippen LogP contribution in [0.3, 0.4) is 0 Å². The highest BCUT2D eigenvalue weighted by molar-refractivity contribution is 6.00. The summed E-state index contributed by atoms with van der Waals surface area (Å²) in [5.74, 6) is -0.246. The third kappa shape index (κ3) is 4.51. The van der Waals surface area contributed by atoms with Gasteiger partial charge in [0.15, 0.2) is 5.78 Å². The van der Waals surface area contributed by atoms with E-state index in [1.165, 1.54) is 6.07 Å². The number of benzene rings is 1. The molecular weight excluding hydrogens is 271 g/mol. The predicted octanol–water partition coefficient (Wildman–Crippen LogP) is 1.99. The number of halogens is 1. The molecule has 0 radical (unpaired) electrons. The van der Waals surface area contributed by atoms with Crippen LogP contribution in [0.4, 0.5) is 4.39 Å². The molecule has 1 aliphatic heterocycles. The van der Waals surface area contributed by atoms with Crippen molar-refractivity contribution in [1.29, 1.82) is 0 Å². The van der Waals surface area contributed by atoms with E-state index in [0.717, 1.165) is 44.9 Å². The summed E-state index contributed by atoms with van der Waals surface area (Å²) in [6, 6.07) is 3.48. The summed E-state index contributed by atoms with van der Waals surface area (Å²) in [6.45, 7) is 9.24. The summed E-state index contributed by atoms with van der Waals surface area (Å²) in [5, 5.41) is 9.66. The number of nitrogens with zero attached hydrogens (tertiary/aromatic N) is 2. The van der Waals surface area contributed by atoms with Crippen molar-refractivity contribution >= 4 is 5.78 Å². The Labute approximate surface area is 125 Å². The van der Waals surface area contributed by atoms with E-state index < -0.39 is 5.82 Å². The van der Waals surface area contributed by atoms with Crippen LogP contribution in [0.1, 0.15) is 24.2 Å². The number of ketones is 1. The number of Topliss-reactive ketones (excluding diaryl/α,β-unsaturated/α-hetero) is 1. The number of carbonyl (C=O) groups excluding carboxylic acids is 1. The zero-order chi connectivity index (χ0) is 15.4. The van der Waals surface area contributed by atoms with Gasteiger partial charge in [-0.15, -0.1) is 0 Å². The average molecular weight is 294 g/mol. The van der Waals surface area contributed by atoms with Crippen molar-refractivity contribution in [2.45, 2.75) is 13.8 Å². The predicted molar refractivity (Wildman–Crippen MR) is 80.1 cm³/mol. The molecule has 0 aromatic heterocycles. The van der Waals surface area contributed by atoms with Gasteiger partial charge in [0.1, 0.15) is 11.6 Å². The highest BCUT2D eigenvalue weighted by Gasteiger charge is 2.21. The molecule has 0 saturated carbocycles. The van der Waals surface area contributed by atoms with Crippen LogP contribution in [0.25, 0.3) is 0 Å². The van der Waals surface area contributed by atoms with Gasteiger partial charge in [0.2, 0.25) is 0 Å². The van der Waals surface area contributed by atoms with E-state index in [1.54, 1.807) is 0 Å².